The van der Waals surface area contributed by atoms with Gasteiger partial charge in [-0.3, -0.25) is 4.57 Å². The van der Waals surface area contributed by atoms with Crippen molar-refractivity contribution in [1.82, 2.24) is 30.2 Å². The van der Waals surface area contributed by atoms with Gasteiger partial charge < -0.3 is 28.6 Å². The van der Waals surface area contributed by atoms with E-state index in [1.54, 1.807) is 22.8 Å². The van der Waals surface area contributed by atoms with Gasteiger partial charge in [-0.2, -0.15) is 10.2 Å². The first-order chi connectivity index (χ1) is 26.3. The number of carbonyl (C=O) groups excluding carboxylic acids is 2. The van der Waals surface area contributed by atoms with Gasteiger partial charge in [-0.1, -0.05) is 61.5 Å². The first-order valence-corrected chi connectivity index (χ1v) is 17.0. The lowest BCUT2D eigenvalue weighted by molar-refractivity contribution is -0.799. The van der Waals surface area contributed by atoms with E-state index in [0.29, 0.717) is 23.5 Å². The van der Waals surface area contributed by atoms with Crippen LogP contribution in [0.4, 0.5) is 4.79 Å². The van der Waals surface area contributed by atoms with E-state index in [0.717, 1.165) is 22.3 Å². The molecule has 2 heterocycles. The van der Waals surface area contributed by atoms with Crippen molar-refractivity contribution in [1.29, 1.82) is 0 Å². The quantitative estimate of drug-likeness (QED) is 0.0495. The van der Waals surface area contributed by atoms with Gasteiger partial charge in [0.25, 0.3) is 22.0 Å². The van der Waals surface area contributed by atoms with Crippen molar-refractivity contribution in [3.63, 3.8) is 0 Å². The lowest BCUT2D eigenvalue weighted by atomic mass is 9.97. The molecule has 1 N–H and O–H groups in total. The minimum Gasteiger partial charge on any atom is -0.465 e. The van der Waals surface area contributed by atoms with Crippen molar-refractivity contribution < 1.29 is 48.4 Å². The Labute approximate surface area is 312 Å². The van der Waals surface area contributed by atoms with Gasteiger partial charge in [-0.25, -0.2) is 9.59 Å². The first kappa shape index (κ1) is 39.3. The zero-order valence-electron chi connectivity index (χ0n) is 30.4. The molecular weight excluding hydrogens is 724 g/mol. The molecule has 0 saturated heterocycles. The van der Waals surface area contributed by atoms with E-state index in [-0.39, 0.29) is 31.1 Å². The number of esters is 1. The van der Waals surface area contributed by atoms with E-state index in [9.17, 15) is 29.8 Å². The monoisotopic (exact) mass is 762 g/mol. The molecule has 0 radical (unpaired) electrons. The maximum atomic E-state index is 13.7. The zero-order valence-corrected chi connectivity index (χ0v) is 30.4. The molecule has 20 nitrogen and oxygen atoms in total. The van der Waals surface area contributed by atoms with Crippen molar-refractivity contribution in [3.05, 3.63) is 98.1 Å². The molecule has 0 amide bonds. The SMILES string of the molecule is CCOc1nc2cccc(C(=O)OC(C)(C)OC(=O)OCCC(C)[C@H](O[N+](=O)[O-])[C@H](C)O[N+](=O)[O-])c2n1Cc1ccc(-c2ccccc2-c2nn[nH]n2)cc1. The first-order valence-electron chi connectivity index (χ1n) is 17.0. The zero-order chi connectivity index (χ0) is 39.7. The topological polar surface area (TPSA) is 248 Å². The van der Waals surface area contributed by atoms with Crippen LogP contribution >= 0.6 is 0 Å². The predicted octanol–water partition coefficient (Wildman–Crippen LogP) is 5.58. The summed E-state index contributed by atoms with van der Waals surface area (Å²) in [5.74, 6) is -2.89. The molecule has 0 aliphatic heterocycles. The molecular formula is C35H38N8O12. The number of nitrogens with one attached hydrogen (secondary N) is 1. The van der Waals surface area contributed by atoms with Crippen molar-refractivity contribution in [2.45, 2.75) is 65.6 Å². The third kappa shape index (κ3) is 9.97. The summed E-state index contributed by atoms with van der Waals surface area (Å²) in [4.78, 5) is 61.5. The van der Waals surface area contributed by atoms with Crippen LogP contribution in [-0.4, -0.2) is 83.7 Å². The van der Waals surface area contributed by atoms with Crippen LogP contribution in [0.25, 0.3) is 33.5 Å². The maximum Gasteiger partial charge on any atom is 0.511 e. The highest BCUT2D eigenvalue weighted by molar-refractivity contribution is 6.02. The molecule has 5 rings (SSSR count). The number of aromatic amines is 1. The van der Waals surface area contributed by atoms with Gasteiger partial charge in [0.1, 0.15) is 12.2 Å². The standard InChI is InChI=1S/C35H38N8O12/c1-6-50-33-36-28-13-9-12-27(29(28)41(33)20-23-14-16-24(17-15-23)25-10-7-8-11-26(25)31-37-39-40-38-31)32(44)52-35(4,5)53-34(45)51-19-18-21(2)30(55-43(48)49)22(3)54-42(46)47/h7-17,21-22,30H,6,18-20H2,1-5H3,(H,37,38,39,40)/t21?,22-,30-/m0/s1. The number of H-pyrrole nitrogens is 1. The molecule has 3 atom stereocenters. The third-order valence-corrected chi connectivity index (χ3v) is 8.29. The van der Waals surface area contributed by atoms with E-state index in [1.165, 1.54) is 27.7 Å². The minimum atomic E-state index is -1.81. The van der Waals surface area contributed by atoms with Gasteiger partial charge in [0.05, 0.1) is 36.4 Å². The van der Waals surface area contributed by atoms with E-state index in [2.05, 4.69) is 35.3 Å². The molecule has 0 saturated carbocycles. The smallest absolute Gasteiger partial charge is 0.465 e. The van der Waals surface area contributed by atoms with Crippen molar-refractivity contribution in [2.24, 2.45) is 5.92 Å². The largest absolute Gasteiger partial charge is 0.511 e. The van der Waals surface area contributed by atoms with Crippen LogP contribution in [-0.2, 0) is 30.4 Å². The van der Waals surface area contributed by atoms with Crippen LogP contribution in [0.1, 0.15) is 57.0 Å². The van der Waals surface area contributed by atoms with Crippen LogP contribution in [0.5, 0.6) is 6.01 Å². The molecule has 0 aliphatic carbocycles. The molecule has 0 spiro atoms. The summed E-state index contributed by atoms with van der Waals surface area (Å²) in [6.07, 6.45) is -3.83. The fraction of sp³-hybridized carbons (Fsp3) is 0.371. The van der Waals surface area contributed by atoms with Crippen LogP contribution in [0.15, 0.2) is 66.7 Å². The molecule has 290 valence electrons. The molecule has 55 heavy (non-hydrogen) atoms. The summed E-state index contributed by atoms with van der Waals surface area (Å²) >= 11 is 0. The highest BCUT2D eigenvalue weighted by Gasteiger charge is 2.33. The number of nitrogens with zero attached hydrogens (tertiary/aromatic N) is 7. The Bertz CT molecular complexity index is 2120. The summed E-state index contributed by atoms with van der Waals surface area (Å²) in [5, 5.41) is 33.9. The number of ether oxygens (including phenoxy) is 4. The van der Waals surface area contributed by atoms with E-state index >= 15 is 0 Å². The lowest BCUT2D eigenvalue weighted by Crippen LogP contribution is -2.38. The summed E-state index contributed by atoms with van der Waals surface area (Å²) in [6, 6.07) is 20.7. The molecule has 0 bridgehead atoms. The maximum absolute atomic E-state index is 13.7. The predicted molar refractivity (Wildman–Crippen MR) is 190 cm³/mol. The van der Waals surface area contributed by atoms with E-state index in [4.69, 9.17) is 18.9 Å². The number of aromatic nitrogens is 6. The summed E-state index contributed by atoms with van der Waals surface area (Å²) in [7, 11) is 0. The number of tetrazole rings is 1. The number of rotatable bonds is 18. The van der Waals surface area contributed by atoms with Crippen LogP contribution in [0.3, 0.4) is 0 Å². The number of hydrogen-bond donors (Lipinski definition) is 1. The number of benzene rings is 3. The number of fused-ring (bicyclic) bond motifs is 1. The molecule has 1 unspecified atom stereocenters. The Morgan fingerprint density at radius 2 is 1.64 bits per heavy atom. The number of para-hydroxylation sites is 1. The minimum absolute atomic E-state index is 0.0103. The van der Waals surface area contributed by atoms with Crippen molar-refractivity contribution in [3.8, 4) is 28.5 Å². The molecule has 2 aromatic heterocycles. The summed E-state index contributed by atoms with van der Waals surface area (Å²) < 4.78 is 23.6. The van der Waals surface area contributed by atoms with E-state index in [1.807, 2.05) is 55.5 Å². The van der Waals surface area contributed by atoms with Gasteiger partial charge in [0.15, 0.2) is 0 Å². The number of carbonyl (C=O) groups is 2. The van der Waals surface area contributed by atoms with E-state index < -0.39 is 46.2 Å². The third-order valence-electron chi connectivity index (χ3n) is 8.29. The van der Waals surface area contributed by atoms with Gasteiger partial charge in [-0.15, -0.1) is 30.4 Å². The van der Waals surface area contributed by atoms with Crippen LogP contribution < -0.4 is 4.74 Å². The molecule has 0 aliphatic rings. The van der Waals surface area contributed by atoms with Gasteiger partial charge >= 0.3 is 12.1 Å². The summed E-state index contributed by atoms with van der Waals surface area (Å²) in [6.45, 7) is 7.52. The second kappa shape index (κ2) is 17.3. The summed E-state index contributed by atoms with van der Waals surface area (Å²) in [5.41, 5.74) is 4.55. The Hall–Kier alpha value is -6.86. The average molecular weight is 763 g/mol. The normalized spacial score (nSPS) is 13.0. The molecule has 20 heteroatoms. The van der Waals surface area contributed by atoms with Crippen molar-refractivity contribution in [2.75, 3.05) is 13.2 Å². The van der Waals surface area contributed by atoms with Gasteiger partial charge in [-0.05, 0) is 60.2 Å². The fourth-order valence-electron chi connectivity index (χ4n) is 5.86. The number of imidazole rings is 1. The van der Waals surface area contributed by atoms with Gasteiger partial charge in [0, 0.05) is 19.4 Å². The Balaban J connectivity index is 1.28. The average Bonchev–Trinajstić information content (AvgIpc) is 3.79. The lowest BCUT2D eigenvalue weighted by Gasteiger charge is -2.26. The second-order valence-electron chi connectivity index (χ2n) is 12.6. The second-order valence-corrected chi connectivity index (χ2v) is 12.6. The Morgan fingerprint density at radius 1 is 0.927 bits per heavy atom. The van der Waals surface area contributed by atoms with Crippen LogP contribution in [0, 0.1) is 26.1 Å². The van der Waals surface area contributed by atoms with Crippen molar-refractivity contribution >= 4 is 23.2 Å². The molecule has 3 aromatic carbocycles. The van der Waals surface area contributed by atoms with Gasteiger partial charge in [0.2, 0.25) is 5.82 Å². The Morgan fingerprint density at radius 3 is 2.29 bits per heavy atom. The highest BCUT2D eigenvalue weighted by atomic mass is 17.0. The fourth-order valence-corrected chi connectivity index (χ4v) is 5.86. The molecule has 0 fully saturated rings. The Kier molecular flexibility index (Phi) is 12.4. The highest BCUT2D eigenvalue weighted by Crippen LogP contribution is 2.32. The van der Waals surface area contributed by atoms with Crippen LogP contribution in [0.2, 0.25) is 0 Å². The number of hydrogen-bond acceptors (Lipinski definition) is 16. The molecule has 5 aromatic rings.